The third-order valence-electron chi connectivity index (χ3n) is 4.45. The highest BCUT2D eigenvalue weighted by Gasteiger charge is 2.17. The monoisotopic (exact) mass is 401 g/mol. The second kappa shape index (κ2) is 9.08. The van der Waals surface area contributed by atoms with E-state index < -0.39 is 0 Å². The number of rotatable bonds is 8. The van der Waals surface area contributed by atoms with Crippen molar-refractivity contribution in [2.75, 3.05) is 14.2 Å². The fourth-order valence-electron chi connectivity index (χ4n) is 2.88. The molecular formula is C21H24ClN3O3. The zero-order chi connectivity index (χ0) is 20.1. The third kappa shape index (κ3) is 4.82. The van der Waals surface area contributed by atoms with Gasteiger partial charge in [0.05, 0.1) is 20.8 Å². The lowest BCUT2D eigenvalue weighted by molar-refractivity contribution is 0.176. The van der Waals surface area contributed by atoms with Crippen molar-refractivity contribution in [1.29, 1.82) is 0 Å². The van der Waals surface area contributed by atoms with Crippen LogP contribution >= 0.6 is 11.6 Å². The number of nitrogens with zero attached hydrogens (tertiary/aromatic N) is 3. The first-order valence-corrected chi connectivity index (χ1v) is 9.41. The molecule has 1 heterocycles. The molecule has 0 saturated heterocycles. The van der Waals surface area contributed by atoms with Gasteiger partial charge >= 0.3 is 0 Å². The first-order chi connectivity index (χ1) is 13.5. The summed E-state index contributed by atoms with van der Waals surface area (Å²) in [6, 6.07) is 13.7. The Bertz CT molecular complexity index is 927. The number of hydrogen-bond donors (Lipinski definition) is 0. The van der Waals surface area contributed by atoms with E-state index in [1.54, 1.807) is 14.2 Å². The molecule has 28 heavy (non-hydrogen) atoms. The van der Waals surface area contributed by atoms with Crippen molar-refractivity contribution in [2.24, 2.45) is 0 Å². The van der Waals surface area contributed by atoms with Crippen molar-refractivity contribution in [3.05, 3.63) is 58.9 Å². The van der Waals surface area contributed by atoms with Crippen LogP contribution in [0.4, 0.5) is 0 Å². The molecule has 148 valence electrons. The van der Waals surface area contributed by atoms with Gasteiger partial charge in [-0.3, -0.25) is 4.90 Å². The normalized spacial score (nSPS) is 11.2. The van der Waals surface area contributed by atoms with Gasteiger partial charge in [-0.25, -0.2) is 0 Å². The van der Waals surface area contributed by atoms with E-state index in [2.05, 4.69) is 35.0 Å². The molecule has 3 rings (SSSR count). The number of benzene rings is 2. The summed E-state index contributed by atoms with van der Waals surface area (Å²) in [5.41, 5.74) is 1.94. The second-order valence-corrected chi connectivity index (χ2v) is 7.15. The summed E-state index contributed by atoms with van der Waals surface area (Å²) in [5, 5.41) is 4.85. The van der Waals surface area contributed by atoms with E-state index in [9.17, 15) is 0 Å². The summed E-state index contributed by atoms with van der Waals surface area (Å²) < 4.78 is 16.1. The topological polar surface area (TPSA) is 60.6 Å². The molecule has 0 aliphatic rings. The molecule has 0 aliphatic carbocycles. The van der Waals surface area contributed by atoms with Gasteiger partial charge in [0.2, 0.25) is 11.7 Å². The van der Waals surface area contributed by atoms with Crippen molar-refractivity contribution in [2.45, 2.75) is 33.0 Å². The van der Waals surface area contributed by atoms with Crippen LogP contribution < -0.4 is 9.47 Å². The molecule has 6 nitrogen and oxygen atoms in total. The van der Waals surface area contributed by atoms with Gasteiger partial charge < -0.3 is 14.0 Å². The van der Waals surface area contributed by atoms with E-state index in [0.29, 0.717) is 35.8 Å². The molecule has 7 heteroatoms. The smallest absolute Gasteiger partial charge is 0.241 e. The first kappa shape index (κ1) is 20.2. The van der Waals surface area contributed by atoms with Gasteiger partial charge in [-0.05, 0) is 49.7 Å². The van der Waals surface area contributed by atoms with Crippen LogP contribution in [-0.2, 0) is 13.1 Å². The van der Waals surface area contributed by atoms with Crippen molar-refractivity contribution < 1.29 is 14.0 Å². The maximum Gasteiger partial charge on any atom is 0.241 e. The highest BCUT2D eigenvalue weighted by atomic mass is 35.5. The van der Waals surface area contributed by atoms with Crippen LogP contribution in [0.1, 0.15) is 25.3 Å². The Hall–Kier alpha value is -2.57. The lowest BCUT2D eigenvalue weighted by Crippen LogP contribution is -2.30. The largest absolute Gasteiger partial charge is 0.493 e. The number of ether oxygens (including phenoxy) is 2. The van der Waals surface area contributed by atoms with E-state index in [0.717, 1.165) is 22.7 Å². The maximum atomic E-state index is 6.11. The Kier molecular flexibility index (Phi) is 6.54. The number of aromatic nitrogens is 2. The van der Waals surface area contributed by atoms with Gasteiger partial charge in [0.25, 0.3) is 0 Å². The molecule has 0 bridgehead atoms. The molecule has 0 N–H and O–H groups in total. The van der Waals surface area contributed by atoms with Crippen LogP contribution in [0, 0.1) is 0 Å². The third-order valence-corrected chi connectivity index (χ3v) is 4.69. The summed E-state index contributed by atoms with van der Waals surface area (Å²) in [6.45, 7) is 5.56. The Balaban J connectivity index is 1.76. The summed E-state index contributed by atoms with van der Waals surface area (Å²) in [4.78, 5) is 6.80. The second-order valence-electron chi connectivity index (χ2n) is 6.71. The molecule has 0 unspecified atom stereocenters. The van der Waals surface area contributed by atoms with Crippen LogP contribution in [0.5, 0.6) is 11.5 Å². The molecule has 0 radical (unpaired) electrons. The molecule has 2 aromatic carbocycles. The summed E-state index contributed by atoms with van der Waals surface area (Å²) in [5.74, 6) is 2.35. The molecule has 0 fully saturated rings. The Labute approximate surface area is 170 Å². The van der Waals surface area contributed by atoms with Gasteiger partial charge in [0.1, 0.15) is 0 Å². The number of halogens is 1. The molecule has 0 amide bonds. The predicted octanol–water partition coefficient (Wildman–Crippen LogP) is 4.82. The minimum Gasteiger partial charge on any atom is -0.493 e. The summed E-state index contributed by atoms with van der Waals surface area (Å²) in [7, 11) is 3.20. The van der Waals surface area contributed by atoms with Crippen LogP contribution in [0.2, 0.25) is 5.02 Å². The van der Waals surface area contributed by atoms with E-state index >= 15 is 0 Å². The average Bonchev–Trinajstić information content (AvgIpc) is 3.15. The first-order valence-electron chi connectivity index (χ1n) is 9.03. The Morgan fingerprint density at radius 2 is 1.82 bits per heavy atom. The fraction of sp³-hybridized carbons (Fsp3) is 0.333. The number of hydrogen-bond acceptors (Lipinski definition) is 6. The molecule has 3 aromatic rings. The van der Waals surface area contributed by atoms with Crippen molar-refractivity contribution in [1.82, 2.24) is 15.0 Å². The molecule has 1 aromatic heterocycles. The zero-order valence-electron chi connectivity index (χ0n) is 16.5. The molecular weight excluding hydrogens is 378 g/mol. The van der Waals surface area contributed by atoms with Gasteiger partial charge in [0, 0.05) is 23.2 Å². The Morgan fingerprint density at radius 1 is 1.04 bits per heavy atom. The summed E-state index contributed by atoms with van der Waals surface area (Å²) in [6.07, 6.45) is 0. The molecule has 0 spiro atoms. The fourth-order valence-corrected chi connectivity index (χ4v) is 3.09. The average molecular weight is 402 g/mol. The van der Waals surface area contributed by atoms with Gasteiger partial charge in [-0.15, -0.1) is 0 Å². The highest BCUT2D eigenvalue weighted by Crippen LogP contribution is 2.31. The van der Waals surface area contributed by atoms with Crippen LogP contribution in [-0.4, -0.2) is 35.3 Å². The highest BCUT2D eigenvalue weighted by molar-refractivity contribution is 6.30. The number of methoxy groups -OCH3 is 2. The SMILES string of the molecule is COc1ccc(-c2noc(CN(Cc3cccc(Cl)c3)C(C)C)n2)cc1OC. The maximum absolute atomic E-state index is 6.11. The van der Waals surface area contributed by atoms with Gasteiger partial charge in [-0.1, -0.05) is 28.9 Å². The zero-order valence-corrected chi connectivity index (χ0v) is 17.2. The van der Waals surface area contributed by atoms with E-state index in [-0.39, 0.29) is 0 Å². The van der Waals surface area contributed by atoms with E-state index in [4.69, 9.17) is 25.6 Å². The van der Waals surface area contributed by atoms with Crippen LogP contribution in [0.15, 0.2) is 47.0 Å². The molecule has 0 saturated carbocycles. The predicted molar refractivity (Wildman–Crippen MR) is 109 cm³/mol. The van der Waals surface area contributed by atoms with Crippen molar-refractivity contribution >= 4 is 11.6 Å². The van der Waals surface area contributed by atoms with E-state index in [1.165, 1.54) is 0 Å². The van der Waals surface area contributed by atoms with Gasteiger partial charge in [-0.2, -0.15) is 4.98 Å². The summed E-state index contributed by atoms with van der Waals surface area (Å²) >= 11 is 6.11. The lowest BCUT2D eigenvalue weighted by atomic mass is 10.2. The Morgan fingerprint density at radius 3 is 2.50 bits per heavy atom. The minimum atomic E-state index is 0.301. The molecule has 0 aliphatic heterocycles. The van der Waals surface area contributed by atoms with Crippen molar-refractivity contribution in [3.63, 3.8) is 0 Å². The van der Waals surface area contributed by atoms with Crippen molar-refractivity contribution in [3.8, 4) is 22.9 Å². The van der Waals surface area contributed by atoms with Crippen LogP contribution in [0.3, 0.4) is 0 Å². The van der Waals surface area contributed by atoms with Gasteiger partial charge in [0.15, 0.2) is 11.5 Å². The molecule has 0 atom stereocenters. The quantitative estimate of drug-likeness (QED) is 0.539. The minimum absolute atomic E-state index is 0.301. The van der Waals surface area contributed by atoms with Crippen LogP contribution in [0.25, 0.3) is 11.4 Å². The van der Waals surface area contributed by atoms with E-state index in [1.807, 2.05) is 36.4 Å². The standard InChI is InChI=1S/C21H24ClN3O3/c1-14(2)25(12-15-6-5-7-17(22)10-15)13-20-23-21(24-28-20)16-8-9-18(26-3)19(11-16)27-4/h5-11,14H,12-13H2,1-4H3. The lowest BCUT2D eigenvalue weighted by Gasteiger charge is -2.24.